The van der Waals surface area contributed by atoms with Gasteiger partial charge in [-0.2, -0.15) is 0 Å². The van der Waals surface area contributed by atoms with Gasteiger partial charge in [-0.05, 0) is 36.5 Å². The molecule has 1 aromatic rings. The van der Waals surface area contributed by atoms with Crippen molar-refractivity contribution in [1.29, 1.82) is 0 Å². The maximum Gasteiger partial charge on any atom is 0.242 e. The summed E-state index contributed by atoms with van der Waals surface area (Å²) in [6, 6.07) is 5.52. The SMILES string of the molecule is COc1ccc(CN(CC(=O)N2CCC(C)CC2)C(C)=O)cc1OC. The van der Waals surface area contributed by atoms with E-state index in [0.29, 0.717) is 24.0 Å². The minimum absolute atomic E-state index is 0.0163. The maximum atomic E-state index is 12.5. The summed E-state index contributed by atoms with van der Waals surface area (Å²) in [7, 11) is 3.16. The molecular weight excluding hydrogens is 320 g/mol. The van der Waals surface area contributed by atoms with Gasteiger partial charge in [0.05, 0.1) is 14.2 Å². The molecule has 1 heterocycles. The Morgan fingerprint density at radius 1 is 1.16 bits per heavy atom. The monoisotopic (exact) mass is 348 g/mol. The fourth-order valence-corrected chi connectivity index (χ4v) is 3.00. The number of carbonyl (C=O) groups excluding carboxylic acids is 2. The molecule has 2 rings (SSSR count). The minimum atomic E-state index is -0.117. The van der Waals surface area contributed by atoms with Crippen LogP contribution in [0.1, 0.15) is 32.3 Å². The zero-order valence-electron chi connectivity index (χ0n) is 15.6. The number of hydrogen-bond donors (Lipinski definition) is 0. The number of amides is 2. The Morgan fingerprint density at radius 2 is 1.80 bits per heavy atom. The van der Waals surface area contributed by atoms with Crippen molar-refractivity contribution in [1.82, 2.24) is 9.80 Å². The molecular formula is C19H28N2O4. The topological polar surface area (TPSA) is 59.1 Å². The van der Waals surface area contributed by atoms with Gasteiger partial charge in [-0.3, -0.25) is 9.59 Å². The van der Waals surface area contributed by atoms with E-state index < -0.39 is 0 Å². The van der Waals surface area contributed by atoms with Crippen LogP contribution in [0.4, 0.5) is 0 Å². The molecule has 2 amide bonds. The molecule has 0 atom stereocenters. The summed E-state index contributed by atoms with van der Waals surface area (Å²) in [4.78, 5) is 28.0. The molecule has 0 spiro atoms. The highest BCUT2D eigenvalue weighted by atomic mass is 16.5. The van der Waals surface area contributed by atoms with Crippen molar-refractivity contribution in [3.8, 4) is 11.5 Å². The number of nitrogens with zero attached hydrogens (tertiary/aromatic N) is 2. The largest absolute Gasteiger partial charge is 0.493 e. The maximum absolute atomic E-state index is 12.5. The zero-order chi connectivity index (χ0) is 18.4. The van der Waals surface area contributed by atoms with E-state index in [0.717, 1.165) is 31.5 Å². The van der Waals surface area contributed by atoms with Gasteiger partial charge in [-0.1, -0.05) is 13.0 Å². The second kappa shape index (κ2) is 8.74. The first-order chi connectivity index (χ1) is 11.9. The first-order valence-electron chi connectivity index (χ1n) is 8.68. The molecule has 0 radical (unpaired) electrons. The van der Waals surface area contributed by atoms with Gasteiger partial charge in [0.25, 0.3) is 0 Å². The first kappa shape index (κ1) is 19.1. The van der Waals surface area contributed by atoms with Gasteiger partial charge >= 0.3 is 0 Å². The number of carbonyl (C=O) groups is 2. The Kier molecular flexibility index (Phi) is 6.67. The average molecular weight is 348 g/mol. The molecule has 1 saturated heterocycles. The molecule has 1 aliphatic rings. The van der Waals surface area contributed by atoms with E-state index in [1.165, 1.54) is 6.92 Å². The highest BCUT2D eigenvalue weighted by molar-refractivity contribution is 5.83. The second-order valence-corrected chi connectivity index (χ2v) is 6.63. The standard InChI is InChI=1S/C19H28N2O4/c1-14-7-9-20(10-8-14)19(23)13-21(15(2)22)12-16-5-6-17(24-3)18(11-16)25-4/h5-6,11,14H,7-10,12-13H2,1-4H3. The number of hydrogen-bond acceptors (Lipinski definition) is 4. The minimum Gasteiger partial charge on any atom is -0.493 e. The van der Waals surface area contributed by atoms with Crippen molar-refractivity contribution in [3.05, 3.63) is 23.8 Å². The van der Waals surface area contributed by atoms with Crippen LogP contribution in [0.2, 0.25) is 0 Å². The lowest BCUT2D eigenvalue weighted by Gasteiger charge is -2.32. The molecule has 6 heteroatoms. The van der Waals surface area contributed by atoms with Crippen molar-refractivity contribution in [2.45, 2.75) is 33.2 Å². The van der Waals surface area contributed by atoms with Crippen molar-refractivity contribution in [3.63, 3.8) is 0 Å². The van der Waals surface area contributed by atoms with Gasteiger partial charge < -0.3 is 19.3 Å². The summed E-state index contributed by atoms with van der Waals surface area (Å²) in [5.41, 5.74) is 0.896. The van der Waals surface area contributed by atoms with Crippen molar-refractivity contribution < 1.29 is 19.1 Å². The Morgan fingerprint density at radius 3 is 2.36 bits per heavy atom. The molecule has 1 aromatic carbocycles. The van der Waals surface area contributed by atoms with Crippen LogP contribution < -0.4 is 9.47 Å². The van der Waals surface area contributed by atoms with Gasteiger partial charge in [0.15, 0.2) is 11.5 Å². The van der Waals surface area contributed by atoms with E-state index in [4.69, 9.17) is 9.47 Å². The molecule has 0 unspecified atom stereocenters. The second-order valence-electron chi connectivity index (χ2n) is 6.63. The predicted molar refractivity (Wildman–Crippen MR) is 95.6 cm³/mol. The smallest absolute Gasteiger partial charge is 0.242 e. The average Bonchev–Trinajstić information content (AvgIpc) is 2.61. The molecule has 1 aliphatic heterocycles. The third kappa shape index (κ3) is 5.11. The lowest BCUT2D eigenvalue weighted by atomic mass is 9.99. The van der Waals surface area contributed by atoms with Crippen molar-refractivity contribution in [2.75, 3.05) is 33.9 Å². The molecule has 0 aliphatic carbocycles. The van der Waals surface area contributed by atoms with Crippen LogP contribution in [0.15, 0.2) is 18.2 Å². The molecule has 0 N–H and O–H groups in total. The van der Waals surface area contributed by atoms with Crippen LogP contribution >= 0.6 is 0 Å². The van der Waals surface area contributed by atoms with E-state index in [-0.39, 0.29) is 18.4 Å². The molecule has 6 nitrogen and oxygen atoms in total. The predicted octanol–water partition coefficient (Wildman–Crippen LogP) is 2.31. The molecule has 0 saturated carbocycles. The fourth-order valence-electron chi connectivity index (χ4n) is 3.00. The van der Waals surface area contributed by atoms with Gasteiger partial charge in [-0.15, -0.1) is 0 Å². The highest BCUT2D eigenvalue weighted by Gasteiger charge is 2.23. The number of likely N-dealkylation sites (tertiary alicyclic amines) is 1. The summed E-state index contributed by atoms with van der Waals surface area (Å²) < 4.78 is 10.5. The summed E-state index contributed by atoms with van der Waals surface area (Å²) >= 11 is 0. The number of benzene rings is 1. The van der Waals surface area contributed by atoms with Gasteiger partial charge in [-0.25, -0.2) is 0 Å². The van der Waals surface area contributed by atoms with E-state index in [1.54, 1.807) is 25.2 Å². The Hall–Kier alpha value is -2.24. The van der Waals surface area contributed by atoms with Crippen LogP contribution in [0.3, 0.4) is 0 Å². The molecule has 138 valence electrons. The van der Waals surface area contributed by atoms with Crippen LogP contribution in [-0.2, 0) is 16.1 Å². The lowest BCUT2D eigenvalue weighted by molar-refractivity contribution is -0.140. The van der Waals surface area contributed by atoms with Gasteiger partial charge in [0.1, 0.15) is 6.54 Å². The summed E-state index contributed by atoms with van der Waals surface area (Å²) in [6.45, 7) is 5.74. The van der Waals surface area contributed by atoms with E-state index in [9.17, 15) is 9.59 Å². The van der Waals surface area contributed by atoms with E-state index >= 15 is 0 Å². The number of rotatable bonds is 6. The Balaban J connectivity index is 2.03. The van der Waals surface area contributed by atoms with E-state index in [2.05, 4.69) is 6.92 Å². The highest BCUT2D eigenvalue weighted by Crippen LogP contribution is 2.28. The third-order valence-corrected chi connectivity index (χ3v) is 4.73. The fraction of sp³-hybridized carbons (Fsp3) is 0.579. The van der Waals surface area contributed by atoms with Crippen LogP contribution in [0, 0.1) is 5.92 Å². The molecule has 1 fully saturated rings. The van der Waals surface area contributed by atoms with Gasteiger partial charge in [0, 0.05) is 26.6 Å². The van der Waals surface area contributed by atoms with Gasteiger partial charge in [0.2, 0.25) is 11.8 Å². The number of piperidine rings is 1. The number of ether oxygens (including phenoxy) is 2. The van der Waals surface area contributed by atoms with E-state index in [1.807, 2.05) is 17.0 Å². The Labute approximate surface area is 149 Å². The van der Waals surface area contributed by atoms with Crippen LogP contribution in [0.5, 0.6) is 11.5 Å². The van der Waals surface area contributed by atoms with Crippen molar-refractivity contribution >= 4 is 11.8 Å². The normalized spacial score (nSPS) is 15.0. The van der Waals surface area contributed by atoms with Crippen molar-refractivity contribution in [2.24, 2.45) is 5.92 Å². The Bertz CT molecular complexity index is 609. The third-order valence-electron chi connectivity index (χ3n) is 4.73. The summed E-state index contributed by atoms with van der Waals surface area (Å²) in [5, 5.41) is 0. The molecule has 0 bridgehead atoms. The quantitative estimate of drug-likeness (QED) is 0.792. The summed E-state index contributed by atoms with van der Waals surface area (Å²) in [5.74, 6) is 1.81. The lowest BCUT2D eigenvalue weighted by Crippen LogP contribution is -2.44. The van der Waals surface area contributed by atoms with Crippen LogP contribution in [0.25, 0.3) is 0 Å². The van der Waals surface area contributed by atoms with Crippen LogP contribution in [-0.4, -0.2) is 55.5 Å². The number of methoxy groups -OCH3 is 2. The molecule has 0 aromatic heterocycles. The zero-order valence-corrected chi connectivity index (χ0v) is 15.6. The summed E-state index contributed by atoms with van der Waals surface area (Å²) in [6.07, 6.45) is 2.06. The first-order valence-corrected chi connectivity index (χ1v) is 8.68. The molecule has 25 heavy (non-hydrogen) atoms.